The fourth-order valence-electron chi connectivity index (χ4n) is 2.86. The van der Waals surface area contributed by atoms with E-state index in [1.807, 2.05) is 12.1 Å². The monoisotopic (exact) mass is 439 g/mol. The molecule has 0 bridgehead atoms. The first kappa shape index (κ1) is 22.0. The Morgan fingerprint density at radius 2 is 1.84 bits per heavy atom. The Balaban J connectivity index is 1.74. The van der Waals surface area contributed by atoms with Gasteiger partial charge in [-0.05, 0) is 37.3 Å². The average molecular weight is 439 g/mol. The van der Waals surface area contributed by atoms with Gasteiger partial charge in [-0.1, -0.05) is 30.0 Å². The molecule has 1 heterocycles. The zero-order valence-corrected chi connectivity index (χ0v) is 18.0. The number of rotatable bonds is 7. The van der Waals surface area contributed by atoms with E-state index >= 15 is 0 Å². The molecule has 2 N–H and O–H groups in total. The Morgan fingerprint density at radius 1 is 1.06 bits per heavy atom. The summed E-state index contributed by atoms with van der Waals surface area (Å²) in [6.45, 7) is 3.24. The van der Waals surface area contributed by atoms with E-state index in [9.17, 15) is 14.4 Å². The van der Waals surface area contributed by atoms with E-state index in [1.54, 1.807) is 47.9 Å². The third-order valence-corrected chi connectivity index (χ3v) is 5.09. The lowest BCUT2D eigenvalue weighted by molar-refractivity contribution is -0.114. The smallest absolute Gasteiger partial charge is 0.339 e. The van der Waals surface area contributed by atoms with Crippen molar-refractivity contribution in [1.29, 1.82) is 0 Å². The van der Waals surface area contributed by atoms with Crippen LogP contribution >= 0.6 is 11.8 Å². The number of thioether (sulfide) groups is 1. The number of aryl methyl sites for hydroxylation is 1. The molecule has 10 heteroatoms. The first-order valence-electron chi connectivity index (χ1n) is 9.29. The van der Waals surface area contributed by atoms with Crippen LogP contribution in [0.25, 0.3) is 5.69 Å². The molecule has 2 aromatic carbocycles. The standard InChI is InChI=1S/C21H21N5O4S/c1-13-24-25-21(26(13)16-8-6-7-15(11-16)22-14(2)27)31-12-19(28)23-18-10-5-4-9-17(18)20(29)30-3/h4-11H,12H2,1-3H3,(H,22,27)(H,23,28). The molecule has 9 nitrogen and oxygen atoms in total. The summed E-state index contributed by atoms with van der Waals surface area (Å²) in [5.74, 6) is -0.312. The molecule has 0 spiro atoms. The molecular weight excluding hydrogens is 418 g/mol. The number of anilines is 2. The summed E-state index contributed by atoms with van der Waals surface area (Å²) in [7, 11) is 1.28. The largest absolute Gasteiger partial charge is 0.465 e. The van der Waals surface area contributed by atoms with E-state index in [4.69, 9.17) is 4.74 Å². The van der Waals surface area contributed by atoms with Crippen LogP contribution in [0, 0.1) is 6.92 Å². The summed E-state index contributed by atoms with van der Waals surface area (Å²) in [5, 5.41) is 14.3. The van der Waals surface area contributed by atoms with Gasteiger partial charge >= 0.3 is 5.97 Å². The van der Waals surface area contributed by atoms with Crippen LogP contribution in [-0.4, -0.2) is 45.4 Å². The Bertz CT molecular complexity index is 1130. The molecular formula is C21H21N5O4S. The normalized spacial score (nSPS) is 10.4. The van der Waals surface area contributed by atoms with Crippen molar-refractivity contribution >= 4 is 40.9 Å². The Kier molecular flexibility index (Phi) is 7.03. The number of carbonyl (C=O) groups excluding carboxylic acids is 3. The zero-order chi connectivity index (χ0) is 22.4. The number of aromatic nitrogens is 3. The van der Waals surface area contributed by atoms with Gasteiger partial charge in [0.2, 0.25) is 11.8 Å². The number of para-hydroxylation sites is 1. The van der Waals surface area contributed by atoms with Gasteiger partial charge in [0.15, 0.2) is 5.16 Å². The fourth-order valence-corrected chi connectivity index (χ4v) is 3.65. The number of benzene rings is 2. The minimum absolute atomic E-state index is 0.0546. The second-order valence-corrected chi connectivity index (χ2v) is 7.41. The van der Waals surface area contributed by atoms with Crippen molar-refractivity contribution in [2.24, 2.45) is 0 Å². The van der Waals surface area contributed by atoms with Crippen LogP contribution < -0.4 is 10.6 Å². The maximum absolute atomic E-state index is 12.5. The molecule has 160 valence electrons. The van der Waals surface area contributed by atoms with Crippen LogP contribution in [0.15, 0.2) is 53.7 Å². The first-order valence-corrected chi connectivity index (χ1v) is 10.3. The Hall–Kier alpha value is -3.66. The predicted molar refractivity (Wildman–Crippen MR) is 118 cm³/mol. The highest BCUT2D eigenvalue weighted by Crippen LogP contribution is 2.24. The minimum Gasteiger partial charge on any atom is -0.465 e. The summed E-state index contributed by atoms with van der Waals surface area (Å²) in [6.07, 6.45) is 0. The molecule has 1 aromatic heterocycles. The summed E-state index contributed by atoms with van der Waals surface area (Å²) in [6, 6.07) is 13.9. The van der Waals surface area contributed by atoms with Gasteiger partial charge in [0.25, 0.3) is 0 Å². The fraction of sp³-hybridized carbons (Fsp3) is 0.190. The molecule has 3 rings (SSSR count). The number of hydrogen-bond donors (Lipinski definition) is 2. The van der Waals surface area contributed by atoms with Crippen molar-refractivity contribution in [3.63, 3.8) is 0 Å². The minimum atomic E-state index is -0.530. The molecule has 0 saturated carbocycles. The highest BCUT2D eigenvalue weighted by molar-refractivity contribution is 7.99. The van der Waals surface area contributed by atoms with Crippen LogP contribution in [0.2, 0.25) is 0 Å². The van der Waals surface area contributed by atoms with E-state index in [2.05, 4.69) is 20.8 Å². The van der Waals surface area contributed by atoms with Gasteiger partial charge in [-0.15, -0.1) is 10.2 Å². The number of carbonyl (C=O) groups is 3. The third kappa shape index (κ3) is 5.48. The molecule has 0 atom stereocenters. The predicted octanol–water partition coefficient (Wildman–Crippen LogP) is 3.05. The average Bonchev–Trinajstić information content (AvgIpc) is 3.12. The van der Waals surface area contributed by atoms with Crippen molar-refractivity contribution in [3.05, 3.63) is 59.9 Å². The molecule has 0 aliphatic heterocycles. The molecule has 0 aliphatic carbocycles. The van der Waals surface area contributed by atoms with Crippen LogP contribution in [0.3, 0.4) is 0 Å². The van der Waals surface area contributed by atoms with Crippen molar-refractivity contribution in [2.75, 3.05) is 23.5 Å². The van der Waals surface area contributed by atoms with Gasteiger partial charge in [-0.25, -0.2) is 4.79 Å². The van der Waals surface area contributed by atoms with E-state index in [-0.39, 0.29) is 23.1 Å². The van der Waals surface area contributed by atoms with Crippen molar-refractivity contribution in [2.45, 2.75) is 19.0 Å². The lowest BCUT2D eigenvalue weighted by atomic mass is 10.2. The van der Waals surface area contributed by atoms with Gasteiger partial charge in [0, 0.05) is 12.6 Å². The molecule has 0 saturated heterocycles. The molecule has 2 amide bonds. The van der Waals surface area contributed by atoms with E-state index < -0.39 is 5.97 Å². The number of amides is 2. The molecule has 0 aliphatic rings. The zero-order valence-electron chi connectivity index (χ0n) is 17.2. The second kappa shape index (κ2) is 9.90. The topological polar surface area (TPSA) is 115 Å². The van der Waals surface area contributed by atoms with Gasteiger partial charge in [-0.2, -0.15) is 0 Å². The molecule has 31 heavy (non-hydrogen) atoms. The molecule has 0 fully saturated rings. The molecule has 0 unspecified atom stereocenters. The van der Waals surface area contributed by atoms with E-state index in [0.717, 1.165) is 5.69 Å². The third-order valence-electron chi connectivity index (χ3n) is 4.16. The lowest BCUT2D eigenvalue weighted by Crippen LogP contribution is -2.17. The Labute approximate surface area is 183 Å². The van der Waals surface area contributed by atoms with Crippen LogP contribution in [0.1, 0.15) is 23.1 Å². The first-order chi connectivity index (χ1) is 14.9. The maximum Gasteiger partial charge on any atom is 0.339 e. The highest BCUT2D eigenvalue weighted by atomic mass is 32.2. The summed E-state index contributed by atoms with van der Waals surface area (Å²) >= 11 is 1.20. The Morgan fingerprint density at radius 3 is 2.58 bits per heavy atom. The number of hydrogen-bond acceptors (Lipinski definition) is 7. The number of esters is 1. The van der Waals surface area contributed by atoms with Gasteiger partial charge in [0.1, 0.15) is 5.82 Å². The van der Waals surface area contributed by atoms with Crippen molar-refractivity contribution in [1.82, 2.24) is 14.8 Å². The lowest BCUT2D eigenvalue weighted by Gasteiger charge is -2.11. The quantitative estimate of drug-likeness (QED) is 0.429. The second-order valence-electron chi connectivity index (χ2n) is 6.47. The number of ether oxygens (including phenoxy) is 1. The van der Waals surface area contributed by atoms with Crippen molar-refractivity contribution < 1.29 is 19.1 Å². The maximum atomic E-state index is 12.5. The van der Waals surface area contributed by atoms with Gasteiger partial charge < -0.3 is 15.4 Å². The highest BCUT2D eigenvalue weighted by Gasteiger charge is 2.16. The van der Waals surface area contributed by atoms with E-state index in [0.29, 0.717) is 22.4 Å². The van der Waals surface area contributed by atoms with Crippen LogP contribution in [-0.2, 0) is 14.3 Å². The van der Waals surface area contributed by atoms with Gasteiger partial charge in [0.05, 0.1) is 29.8 Å². The summed E-state index contributed by atoms with van der Waals surface area (Å²) < 4.78 is 6.54. The van der Waals surface area contributed by atoms with Gasteiger partial charge in [-0.3, -0.25) is 14.2 Å². The van der Waals surface area contributed by atoms with Crippen LogP contribution in [0.5, 0.6) is 0 Å². The summed E-state index contributed by atoms with van der Waals surface area (Å²) in [4.78, 5) is 35.7. The molecule has 3 aromatic rings. The van der Waals surface area contributed by atoms with Crippen molar-refractivity contribution in [3.8, 4) is 5.69 Å². The SMILES string of the molecule is COC(=O)c1ccccc1NC(=O)CSc1nnc(C)n1-c1cccc(NC(C)=O)c1. The summed E-state index contributed by atoms with van der Waals surface area (Å²) in [5.41, 5.74) is 2.05. The number of nitrogens with zero attached hydrogens (tertiary/aromatic N) is 3. The van der Waals surface area contributed by atoms with E-state index in [1.165, 1.54) is 25.8 Å². The number of nitrogens with one attached hydrogen (secondary N) is 2. The number of methoxy groups -OCH3 is 1. The molecule has 0 radical (unpaired) electrons. The van der Waals surface area contributed by atoms with Crippen LogP contribution in [0.4, 0.5) is 11.4 Å².